The van der Waals surface area contributed by atoms with Gasteiger partial charge in [0.25, 0.3) is 0 Å². The van der Waals surface area contributed by atoms with Crippen LogP contribution in [0.4, 0.5) is 11.5 Å². The van der Waals surface area contributed by atoms with Crippen LogP contribution >= 0.6 is 0 Å². The molecule has 92 valence electrons. The van der Waals surface area contributed by atoms with E-state index in [9.17, 15) is 0 Å². The summed E-state index contributed by atoms with van der Waals surface area (Å²) in [5.41, 5.74) is 6.85. The van der Waals surface area contributed by atoms with Crippen molar-refractivity contribution in [3.8, 4) is 6.07 Å². The minimum absolute atomic E-state index is 0.351. The van der Waals surface area contributed by atoms with Crippen molar-refractivity contribution < 1.29 is 0 Å². The highest BCUT2D eigenvalue weighted by molar-refractivity contribution is 5.63. The number of nitriles is 1. The number of rotatable bonds is 6. The van der Waals surface area contributed by atoms with Crippen molar-refractivity contribution in [2.24, 2.45) is 0 Å². The standard InChI is InChI=1S/C13H20N4/c1-3-4-5-6-10(2)17-13-12(15)7-11(8-14)9-16-13/h7,9-10H,3-6,15H2,1-2H3,(H,16,17). The maximum atomic E-state index is 8.71. The molecule has 1 heterocycles. The molecule has 0 radical (unpaired) electrons. The van der Waals surface area contributed by atoms with Crippen LogP contribution in [0.5, 0.6) is 0 Å². The van der Waals surface area contributed by atoms with Crippen LogP contribution in [0.3, 0.4) is 0 Å². The molecular weight excluding hydrogens is 212 g/mol. The summed E-state index contributed by atoms with van der Waals surface area (Å²) in [6, 6.07) is 4.02. The van der Waals surface area contributed by atoms with E-state index in [1.807, 2.05) is 6.07 Å². The van der Waals surface area contributed by atoms with Crippen LogP contribution in [0.15, 0.2) is 12.3 Å². The van der Waals surface area contributed by atoms with Crippen molar-refractivity contribution >= 4 is 11.5 Å². The first-order chi connectivity index (χ1) is 8.17. The van der Waals surface area contributed by atoms with Crippen molar-refractivity contribution in [2.75, 3.05) is 11.1 Å². The fourth-order valence-electron chi connectivity index (χ4n) is 1.67. The molecule has 0 saturated heterocycles. The van der Waals surface area contributed by atoms with Crippen LogP contribution in [0, 0.1) is 11.3 Å². The van der Waals surface area contributed by atoms with Crippen LogP contribution in [0.25, 0.3) is 0 Å². The monoisotopic (exact) mass is 232 g/mol. The molecule has 0 aliphatic rings. The Morgan fingerprint density at radius 2 is 2.29 bits per heavy atom. The van der Waals surface area contributed by atoms with E-state index in [0.29, 0.717) is 23.1 Å². The van der Waals surface area contributed by atoms with E-state index in [-0.39, 0.29) is 0 Å². The van der Waals surface area contributed by atoms with Gasteiger partial charge in [-0.25, -0.2) is 4.98 Å². The number of pyridine rings is 1. The Hall–Kier alpha value is -1.76. The predicted octanol–water partition coefficient (Wildman–Crippen LogP) is 2.92. The third-order valence-electron chi connectivity index (χ3n) is 2.67. The summed E-state index contributed by atoms with van der Waals surface area (Å²) in [7, 11) is 0. The first kappa shape index (κ1) is 13.3. The highest BCUT2D eigenvalue weighted by Gasteiger charge is 2.06. The molecule has 1 atom stereocenters. The molecule has 0 amide bonds. The van der Waals surface area contributed by atoms with Gasteiger partial charge in [0.1, 0.15) is 11.9 Å². The van der Waals surface area contributed by atoms with Gasteiger partial charge in [0, 0.05) is 12.2 Å². The third-order valence-corrected chi connectivity index (χ3v) is 2.67. The molecule has 0 saturated carbocycles. The first-order valence-electron chi connectivity index (χ1n) is 6.09. The number of anilines is 2. The number of hydrogen-bond donors (Lipinski definition) is 2. The second-order valence-corrected chi connectivity index (χ2v) is 4.31. The molecule has 4 nitrogen and oxygen atoms in total. The lowest BCUT2D eigenvalue weighted by molar-refractivity contribution is 0.614. The number of unbranched alkanes of at least 4 members (excludes halogenated alkanes) is 2. The summed E-state index contributed by atoms with van der Waals surface area (Å²) in [5.74, 6) is 0.674. The van der Waals surface area contributed by atoms with Gasteiger partial charge in [0.15, 0.2) is 0 Å². The van der Waals surface area contributed by atoms with Crippen LogP contribution in [0.2, 0.25) is 0 Å². The first-order valence-corrected chi connectivity index (χ1v) is 6.09. The van der Waals surface area contributed by atoms with Crippen molar-refractivity contribution in [1.29, 1.82) is 5.26 Å². The highest BCUT2D eigenvalue weighted by atomic mass is 15.0. The summed E-state index contributed by atoms with van der Waals surface area (Å²) >= 11 is 0. The zero-order valence-corrected chi connectivity index (χ0v) is 10.5. The molecule has 0 aliphatic heterocycles. The normalized spacial score (nSPS) is 11.8. The van der Waals surface area contributed by atoms with Gasteiger partial charge in [-0.15, -0.1) is 0 Å². The van der Waals surface area contributed by atoms with Gasteiger partial charge in [0.2, 0.25) is 0 Å². The van der Waals surface area contributed by atoms with Crippen LogP contribution < -0.4 is 11.1 Å². The van der Waals surface area contributed by atoms with Crippen molar-refractivity contribution in [3.05, 3.63) is 17.8 Å². The molecule has 17 heavy (non-hydrogen) atoms. The highest BCUT2D eigenvalue weighted by Crippen LogP contribution is 2.18. The molecule has 1 aromatic heterocycles. The Balaban J connectivity index is 2.54. The second-order valence-electron chi connectivity index (χ2n) is 4.31. The van der Waals surface area contributed by atoms with Gasteiger partial charge >= 0.3 is 0 Å². The quantitative estimate of drug-likeness (QED) is 0.739. The number of hydrogen-bond acceptors (Lipinski definition) is 4. The maximum Gasteiger partial charge on any atom is 0.149 e. The second kappa shape index (κ2) is 6.74. The van der Waals surface area contributed by atoms with Crippen LogP contribution in [-0.2, 0) is 0 Å². The molecular formula is C13H20N4. The molecule has 4 heteroatoms. The van der Waals surface area contributed by atoms with Crippen molar-refractivity contribution in [2.45, 2.75) is 45.6 Å². The minimum Gasteiger partial charge on any atom is -0.396 e. The predicted molar refractivity (Wildman–Crippen MR) is 70.6 cm³/mol. The van der Waals surface area contributed by atoms with Gasteiger partial charge in [0.05, 0.1) is 11.3 Å². The van der Waals surface area contributed by atoms with Gasteiger partial charge < -0.3 is 11.1 Å². The number of nitrogen functional groups attached to an aromatic ring is 1. The smallest absolute Gasteiger partial charge is 0.149 e. The zero-order valence-electron chi connectivity index (χ0n) is 10.5. The average Bonchev–Trinajstić information content (AvgIpc) is 2.32. The number of nitrogens with one attached hydrogen (secondary N) is 1. The topological polar surface area (TPSA) is 74.7 Å². The van der Waals surface area contributed by atoms with E-state index < -0.39 is 0 Å². The minimum atomic E-state index is 0.351. The lowest BCUT2D eigenvalue weighted by Crippen LogP contribution is -2.17. The average molecular weight is 232 g/mol. The maximum absolute atomic E-state index is 8.71. The zero-order chi connectivity index (χ0) is 12.7. The summed E-state index contributed by atoms with van der Waals surface area (Å²) in [6.07, 6.45) is 6.33. The Morgan fingerprint density at radius 3 is 2.88 bits per heavy atom. The number of nitrogens with two attached hydrogens (primary N) is 1. The molecule has 1 aromatic rings. The Kier molecular flexibility index (Phi) is 5.28. The fourth-order valence-corrected chi connectivity index (χ4v) is 1.67. The number of nitrogens with zero attached hydrogens (tertiary/aromatic N) is 2. The summed E-state index contributed by atoms with van der Waals surface area (Å²) in [5, 5.41) is 12.0. The van der Waals surface area contributed by atoms with Gasteiger partial charge in [-0.2, -0.15) is 5.26 Å². The summed E-state index contributed by atoms with van der Waals surface area (Å²) in [6.45, 7) is 4.31. The van der Waals surface area contributed by atoms with Crippen molar-refractivity contribution in [1.82, 2.24) is 4.98 Å². The van der Waals surface area contributed by atoms with E-state index in [4.69, 9.17) is 11.0 Å². The molecule has 0 spiro atoms. The van der Waals surface area contributed by atoms with E-state index in [1.54, 1.807) is 6.07 Å². The Morgan fingerprint density at radius 1 is 1.53 bits per heavy atom. The summed E-state index contributed by atoms with van der Waals surface area (Å²) < 4.78 is 0. The van der Waals surface area contributed by atoms with E-state index in [2.05, 4.69) is 24.1 Å². The van der Waals surface area contributed by atoms with E-state index in [0.717, 1.165) is 6.42 Å². The Labute approximate surface area is 103 Å². The van der Waals surface area contributed by atoms with Gasteiger partial charge in [-0.05, 0) is 19.4 Å². The van der Waals surface area contributed by atoms with Crippen LogP contribution in [0.1, 0.15) is 45.1 Å². The lowest BCUT2D eigenvalue weighted by atomic mass is 10.1. The van der Waals surface area contributed by atoms with E-state index in [1.165, 1.54) is 25.5 Å². The molecule has 0 bridgehead atoms. The molecule has 0 fully saturated rings. The van der Waals surface area contributed by atoms with Gasteiger partial charge in [-0.3, -0.25) is 0 Å². The molecule has 0 aromatic carbocycles. The third kappa shape index (κ3) is 4.31. The molecule has 3 N–H and O–H groups in total. The van der Waals surface area contributed by atoms with Crippen LogP contribution in [-0.4, -0.2) is 11.0 Å². The largest absolute Gasteiger partial charge is 0.396 e. The summed E-state index contributed by atoms with van der Waals surface area (Å²) in [4.78, 5) is 4.16. The molecule has 1 rings (SSSR count). The fraction of sp³-hybridized carbons (Fsp3) is 0.538. The number of aromatic nitrogens is 1. The van der Waals surface area contributed by atoms with E-state index >= 15 is 0 Å². The SMILES string of the molecule is CCCCCC(C)Nc1ncc(C#N)cc1N. The lowest BCUT2D eigenvalue weighted by Gasteiger charge is -2.15. The van der Waals surface area contributed by atoms with Crippen molar-refractivity contribution in [3.63, 3.8) is 0 Å². The Bertz CT molecular complexity index is 395. The van der Waals surface area contributed by atoms with Gasteiger partial charge in [-0.1, -0.05) is 26.2 Å². The molecule has 1 unspecified atom stereocenters. The molecule has 0 aliphatic carbocycles.